The van der Waals surface area contributed by atoms with Crippen LogP contribution in [0.3, 0.4) is 0 Å². The fraction of sp³-hybridized carbons (Fsp3) is 0.125. The lowest BCUT2D eigenvalue weighted by Crippen LogP contribution is -2.24. The standard InChI is InChI=1S/C16H14ClFN2O2/c17-14-9-13(15(18)20-10-14)7-4-8-19-16(21)22-11-12-5-2-1-3-6-12/h1-7,9-10H,8,11H2,(H,19,21). The number of ether oxygens (including phenoxy) is 1. The molecular weight excluding hydrogens is 307 g/mol. The van der Waals surface area contributed by atoms with Gasteiger partial charge in [-0.15, -0.1) is 0 Å². The van der Waals surface area contributed by atoms with Crippen molar-refractivity contribution < 1.29 is 13.9 Å². The van der Waals surface area contributed by atoms with E-state index in [4.69, 9.17) is 16.3 Å². The lowest BCUT2D eigenvalue weighted by molar-refractivity contribution is 0.141. The highest BCUT2D eigenvalue weighted by Crippen LogP contribution is 2.13. The van der Waals surface area contributed by atoms with Gasteiger partial charge in [-0.3, -0.25) is 0 Å². The second kappa shape index (κ2) is 8.14. The molecule has 0 aliphatic heterocycles. The van der Waals surface area contributed by atoms with E-state index in [9.17, 15) is 9.18 Å². The summed E-state index contributed by atoms with van der Waals surface area (Å²) in [5.74, 6) is -0.618. The molecular formula is C16H14ClFN2O2. The van der Waals surface area contributed by atoms with E-state index >= 15 is 0 Å². The lowest BCUT2D eigenvalue weighted by atomic mass is 10.2. The van der Waals surface area contributed by atoms with Crippen molar-refractivity contribution in [2.75, 3.05) is 6.54 Å². The van der Waals surface area contributed by atoms with E-state index in [2.05, 4.69) is 10.3 Å². The van der Waals surface area contributed by atoms with Crippen molar-refractivity contribution in [1.82, 2.24) is 10.3 Å². The largest absolute Gasteiger partial charge is 0.445 e. The fourth-order valence-corrected chi connectivity index (χ4v) is 1.82. The summed E-state index contributed by atoms with van der Waals surface area (Å²) in [5.41, 5.74) is 1.16. The summed E-state index contributed by atoms with van der Waals surface area (Å²) >= 11 is 5.73. The number of alkyl carbamates (subject to hydrolysis) is 1. The Morgan fingerprint density at radius 2 is 2.14 bits per heavy atom. The Hall–Kier alpha value is -2.40. The molecule has 1 N–H and O–H groups in total. The molecule has 1 aromatic carbocycles. The molecule has 0 unspecified atom stereocenters. The summed E-state index contributed by atoms with van der Waals surface area (Å²) in [7, 11) is 0. The van der Waals surface area contributed by atoms with Gasteiger partial charge in [-0.2, -0.15) is 4.39 Å². The van der Waals surface area contributed by atoms with E-state index in [1.54, 1.807) is 6.08 Å². The number of halogens is 2. The van der Waals surface area contributed by atoms with Gasteiger partial charge in [0.2, 0.25) is 5.95 Å². The molecule has 0 bridgehead atoms. The maximum absolute atomic E-state index is 13.3. The molecule has 6 heteroatoms. The predicted molar refractivity (Wildman–Crippen MR) is 82.9 cm³/mol. The van der Waals surface area contributed by atoms with E-state index in [1.165, 1.54) is 18.3 Å². The highest BCUT2D eigenvalue weighted by molar-refractivity contribution is 6.30. The fourth-order valence-electron chi connectivity index (χ4n) is 1.66. The van der Waals surface area contributed by atoms with E-state index in [-0.39, 0.29) is 18.7 Å². The molecule has 0 saturated heterocycles. The number of nitrogens with one attached hydrogen (secondary N) is 1. The van der Waals surface area contributed by atoms with Crippen LogP contribution in [-0.2, 0) is 11.3 Å². The Balaban J connectivity index is 1.75. The minimum Gasteiger partial charge on any atom is -0.445 e. The van der Waals surface area contributed by atoms with Crippen LogP contribution in [0.4, 0.5) is 9.18 Å². The van der Waals surface area contributed by atoms with Crippen LogP contribution in [0.15, 0.2) is 48.7 Å². The highest BCUT2D eigenvalue weighted by Gasteiger charge is 2.02. The summed E-state index contributed by atoms with van der Waals surface area (Å²) in [4.78, 5) is 15.0. The lowest BCUT2D eigenvalue weighted by Gasteiger charge is -2.05. The number of hydrogen-bond acceptors (Lipinski definition) is 3. The average Bonchev–Trinajstić information content (AvgIpc) is 2.53. The Morgan fingerprint density at radius 3 is 2.91 bits per heavy atom. The second-order valence-corrected chi connectivity index (χ2v) is 4.82. The van der Waals surface area contributed by atoms with Crippen molar-refractivity contribution >= 4 is 23.8 Å². The average molecular weight is 321 g/mol. The Labute approximate surface area is 132 Å². The number of carbonyl (C=O) groups is 1. The minimum absolute atomic E-state index is 0.198. The first kappa shape index (κ1) is 16.0. The molecule has 0 aliphatic rings. The number of nitrogens with zero attached hydrogens (tertiary/aromatic N) is 1. The van der Waals surface area contributed by atoms with Crippen LogP contribution in [0.1, 0.15) is 11.1 Å². The van der Waals surface area contributed by atoms with Crippen LogP contribution in [0.2, 0.25) is 5.02 Å². The first-order valence-electron chi connectivity index (χ1n) is 6.57. The van der Waals surface area contributed by atoms with Crippen molar-refractivity contribution in [3.8, 4) is 0 Å². The van der Waals surface area contributed by atoms with Crippen molar-refractivity contribution in [2.45, 2.75) is 6.61 Å². The van der Waals surface area contributed by atoms with Gasteiger partial charge in [0.05, 0.1) is 5.02 Å². The third-order valence-corrected chi connectivity index (χ3v) is 2.91. The Morgan fingerprint density at radius 1 is 1.36 bits per heavy atom. The summed E-state index contributed by atoms with van der Waals surface area (Å²) in [5, 5.41) is 2.88. The second-order valence-electron chi connectivity index (χ2n) is 4.38. The van der Waals surface area contributed by atoms with Crippen LogP contribution in [0, 0.1) is 5.95 Å². The van der Waals surface area contributed by atoms with Crippen molar-refractivity contribution in [2.24, 2.45) is 0 Å². The van der Waals surface area contributed by atoms with Crippen LogP contribution in [0.5, 0.6) is 0 Å². The number of aromatic nitrogens is 1. The number of pyridine rings is 1. The van der Waals surface area contributed by atoms with Crippen molar-refractivity contribution in [3.63, 3.8) is 0 Å². The number of amides is 1. The molecule has 1 amide bonds. The quantitative estimate of drug-likeness (QED) is 0.852. The predicted octanol–water partition coefficient (Wildman–Crippen LogP) is 3.81. The van der Waals surface area contributed by atoms with Gasteiger partial charge in [0.1, 0.15) is 6.61 Å². The maximum Gasteiger partial charge on any atom is 0.407 e. The Bertz CT molecular complexity index is 662. The van der Waals surface area contributed by atoms with E-state index < -0.39 is 12.0 Å². The number of carbonyl (C=O) groups excluding carboxylic acids is 1. The van der Waals surface area contributed by atoms with Crippen LogP contribution < -0.4 is 5.32 Å². The number of rotatable bonds is 5. The van der Waals surface area contributed by atoms with Gasteiger partial charge in [-0.25, -0.2) is 9.78 Å². The molecule has 2 rings (SSSR count). The molecule has 0 radical (unpaired) electrons. The third kappa shape index (κ3) is 5.18. The van der Waals surface area contributed by atoms with Crippen molar-refractivity contribution in [1.29, 1.82) is 0 Å². The van der Waals surface area contributed by atoms with Crippen molar-refractivity contribution in [3.05, 3.63) is 70.8 Å². The molecule has 22 heavy (non-hydrogen) atoms. The molecule has 0 spiro atoms. The molecule has 0 fully saturated rings. The molecule has 2 aromatic rings. The van der Waals surface area contributed by atoms with Gasteiger partial charge in [0.15, 0.2) is 0 Å². The molecule has 1 heterocycles. The van der Waals surface area contributed by atoms with Crippen LogP contribution in [-0.4, -0.2) is 17.6 Å². The van der Waals surface area contributed by atoms with Gasteiger partial charge in [-0.1, -0.05) is 54.1 Å². The molecule has 0 atom stereocenters. The zero-order valence-electron chi connectivity index (χ0n) is 11.6. The van der Waals surface area contributed by atoms with E-state index in [1.807, 2.05) is 30.3 Å². The molecule has 1 aromatic heterocycles. The number of hydrogen-bond donors (Lipinski definition) is 1. The van der Waals surface area contributed by atoms with Gasteiger partial charge in [0.25, 0.3) is 0 Å². The monoisotopic (exact) mass is 320 g/mol. The van der Waals surface area contributed by atoms with Crippen LogP contribution >= 0.6 is 11.6 Å². The first-order chi connectivity index (χ1) is 10.6. The van der Waals surface area contributed by atoms with Gasteiger partial charge in [0, 0.05) is 18.3 Å². The van der Waals surface area contributed by atoms with Gasteiger partial charge < -0.3 is 10.1 Å². The number of benzene rings is 1. The molecule has 4 nitrogen and oxygen atoms in total. The molecule has 114 valence electrons. The van der Waals surface area contributed by atoms with Gasteiger partial charge >= 0.3 is 6.09 Å². The summed E-state index contributed by atoms with van der Waals surface area (Å²) in [6.45, 7) is 0.406. The van der Waals surface area contributed by atoms with Crippen LogP contribution in [0.25, 0.3) is 6.08 Å². The maximum atomic E-state index is 13.3. The van der Waals surface area contributed by atoms with E-state index in [0.29, 0.717) is 5.02 Å². The highest BCUT2D eigenvalue weighted by atomic mass is 35.5. The molecule has 0 aliphatic carbocycles. The zero-order valence-corrected chi connectivity index (χ0v) is 12.4. The molecule has 0 saturated carbocycles. The SMILES string of the molecule is O=C(NCC=Cc1cc(Cl)cnc1F)OCc1ccccc1. The van der Waals surface area contributed by atoms with E-state index in [0.717, 1.165) is 5.56 Å². The topological polar surface area (TPSA) is 51.2 Å². The summed E-state index contributed by atoms with van der Waals surface area (Å²) in [6.07, 6.45) is 3.76. The van der Waals surface area contributed by atoms with Gasteiger partial charge in [-0.05, 0) is 11.6 Å². The minimum atomic E-state index is -0.618. The normalized spacial score (nSPS) is 10.6. The zero-order chi connectivity index (χ0) is 15.8. The first-order valence-corrected chi connectivity index (χ1v) is 6.95. The smallest absolute Gasteiger partial charge is 0.407 e. The summed E-state index contributed by atoms with van der Waals surface area (Å²) < 4.78 is 18.4. The Kier molecular flexibility index (Phi) is 5.91. The third-order valence-electron chi connectivity index (χ3n) is 2.71. The summed E-state index contributed by atoms with van der Waals surface area (Å²) in [6, 6.07) is 10.8.